The Morgan fingerprint density at radius 3 is 2.57 bits per heavy atom. The first-order valence-electron chi connectivity index (χ1n) is 10.2. The largest absolute Gasteiger partial charge is 0.493 e. The molecule has 0 aliphatic carbocycles. The predicted octanol–water partition coefficient (Wildman–Crippen LogP) is 4.12. The lowest BCUT2D eigenvalue weighted by molar-refractivity contribution is -0.384. The van der Waals surface area contributed by atoms with Crippen LogP contribution in [0.2, 0.25) is 0 Å². The van der Waals surface area contributed by atoms with E-state index in [0.717, 1.165) is 4.90 Å². The molecule has 3 aromatic carbocycles. The molecule has 0 aliphatic rings. The Labute approximate surface area is 204 Å². The number of non-ortho nitro benzene ring substituents is 1. The van der Waals surface area contributed by atoms with Gasteiger partial charge in [0.15, 0.2) is 11.5 Å². The van der Waals surface area contributed by atoms with Gasteiger partial charge in [0, 0.05) is 17.0 Å². The zero-order chi connectivity index (χ0) is 25.2. The second kappa shape index (κ2) is 12.2. The molecule has 0 bridgehead atoms. The summed E-state index contributed by atoms with van der Waals surface area (Å²) in [6.45, 7) is 0.160. The lowest BCUT2D eigenvalue weighted by Crippen LogP contribution is -2.19. The van der Waals surface area contributed by atoms with Crippen LogP contribution in [0.5, 0.6) is 11.5 Å². The summed E-state index contributed by atoms with van der Waals surface area (Å²) in [5.41, 5.74) is 3.95. The molecule has 0 aromatic heterocycles. The van der Waals surface area contributed by atoms with Crippen molar-refractivity contribution in [2.45, 2.75) is 11.5 Å². The fourth-order valence-electron chi connectivity index (χ4n) is 2.86. The molecular formula is C24H21N3O7S. The highest BCUT2D eigenvalue weighted by atomic mass is 32.2. The van der Waals surface area contributed by atoms with E-state index in [4.69, 9.17) is 14.6 Å². The van der Waals surface area contributed by atoms with Crippen molar-refractivity contribution in [3.8, 4) is 11.5 Å². The van der Waals surface area contributed by atoms with Gasteiger partial charge in [-0.15, -0.1) is 11.8 Å². The van der Waals surface area contributed by atoms with Crippen LogP contribution in [0.3, 0.4) is 0 Å². The Bertz CT molecular complexity index is 1250. The van der Waals surface area contributed by atoms with Crippen molar-refractivity contribution in [3.63, 3.8) is 0 Å². The van der Waals surface area contributed by atoms with E-state index in [1.54, 1.807) is 48.5 Å². The molecule has 0 saturated carbocycles. The van der Waals surface area contributed by atoms with E-state index in [-0.39, 0.29) is 29.5 Å². The Balaban J connectivity index is 1.52. The molecule has 0 fully saturated rings. The van der Waals surface area contributed by atoms with Gasteiger partial charge in [0.1, 0.15) is 6.61 Å². The van der Waals surface area contributed by atoms with E-state index in [1.165, 1.54) is 43.3 Å². The molecule has 3 rings (SSSR count). The Kier molecular flexibility index (Phi) is 8.79. The van der Waals surface area contributed by atoms with Crippen molar-refractivity contribution < 1.29 is 29.1 Å². The molecule has 0 heterocycles. The third-order valence-corrected chi connectivity index (χ3v) is 5.59. The molecule has 35 heavy (non-hydrogen) atoms. The number of carboxylic acids is 1. The van der Waals surface area contributed by atoms with Gasteiger partial charge in [0.2, 0.25) is 5.91 Å². The topological polar surface area (TPSA) is 140 Å². The number of benzene rings is 3. The number of hydrogen-bond donors (Lipinski definition) is 2. The first kappa shape index (κ1) is 25.2. The minimum Gasteiger partial charge on any atom is -0.493 e. The SMILES string of the molecule is COc1cc(C=NNC(=O)CSc2ccc([N+](=O)[O-])cc2)ccc1OCc1cccc(C(=O)O)c1. The molecular weight excluding hydrogens is 474 g/mol. The number of carboxylic acid groups (broad SMARTS) is 1. The van der Waals surface area contributed by atoms with Gasteiger partial charge < -0.3 is 14.6 Å². The van der Waals surface area contributed by atoms with Gasteiger partial charge in [-0.2, -0.15) is 5.10 Å². The van der Waals surface area contributed by atoms with Crippen LogP contribution in [-0.2, 0) is 11.4 Å². The van der Waals surface area contributed by atoms with E-state index in [1.807, 2.05) is 0 Å². The molecule has 0 atom stereocenters. The first-order valence-corrected chi connectivity index (χ1v) is 11.2. The fraction of sp³-hybridized carbons (Fsp3) is 0.125. The summed E-state index contributed by atoms with van der Waals surface area (Å²) in [4.78, 5) is 34.0. The van der Waals surface area contributed by atoms with Gasteiger partial charge >= 0.3 is 5.97 Å². The third kappa shape index (κ3) is 7.57. The van der Waals surface area contributed by atoms with Gasteiger partial charge in [0.05, 0.1) is 29.6 Å². The number of aromatic carboxylic acids is 1. The van der Waals surface area contributed by atoms with Crippen LogP contribution in [-0.4, -0.2) is 41.0 Å². The van der Waals surface area contributed by atoms with Gasteiger partial charge in [-0.05, 0) is 53.6 Å². The van der Waals surface area contributed by atoms with Gasteiger partial charge in [-0.25, -0.2) is 10.2 Å². The zero-order valence-electron chi connectivity index (χ0n) is 18.5. The number of hydrazone groups is 1. The molecule has 180 valence electrons. The summed E-state index contributed by atoms with van der Waals surface area (Å²) in [5.74, 6) is -0.337. The Morgan fingerprint density at radius 1 is 1.11 bits per heavy atom. The molecule has 11 heteroatoms. The van der Waals surface area contributed by atoms with Crippen LogP contribution in [0.1, 0.15) is 21.5 Å². The van der Waals surface area contributed by atoms with E-state index in [9.17, 15) is 19.7 Å². The number of rotatable bonds is 11. The van der Waals surface area contributed by atoms with E-state index in [2.05, 4.69) is 10.5 Å². The predicted molar refractivity (Wildman–Crippen MR) is 130 cm³/mol. The number of thioether (sulfide) groups is 1. The van der Waals surface area contributed by atoms with Crippen molar-refractivity contribution in [2.24, 2.45) is 5.10 Å². The molecule has 0 spiro atoms. The van der Waals surface area contributed by atoms with Crippen molar-refractivity contribution in [1.29, 1.82) is 0 Å². The summed E-state index contributed by atoms with van der Waals surface area (Å²) < 4.78 is 11.1. The summed E-state index contributed by atoms with van der Waals surface area (Å²) >= 11 is 1.23. The smallest absolute Gasteiger partial charge is 0.335 e. The number of carbonyl (C=O) groups excluding carboxylic acids is 1. The summed E-state index contributed by atoms with van der Waals surface area (Å²) in [6.07, 6.45) is 1.46. The van der Waals surface area contributed by atoms with Crippen LogP contribution >= 0.6 is 11.8 Å². The van der Waals surface area contributed by atoms with Crippen molar-refractivity contribution in [3.05, 3.63) is 93.5 Å². The highest BCUT2D eigenvalue weighted by Crippen LogP contribution is 2.28. The van der Waals surface area contributed by atoms with Crippen molar-refractivity contribution in [2.75, 3.05) is 12.9 Å². The minimum absolute atomic E-state index is 0.0114. The average molecular weight is 496 g/mol. The van der Waals surface area contributed by atoms with Crippen LogP contribution in [0.15, 0.2) is 76.7 Å². The molecule has 0 radical (unpaired) electrons. The molecule has 3 aromatic rings. The van der Waals surface area contributed by atoms with E-state index in [0.29, 0.717) is 22.6 Å². The Morgan fingerprint density at radius 2 is 1.89 bits per heavy atom. The van der Waals surface area contributed by atoms with Crippen LogP contribution in [0, 0.1) is 10.1 Å². The number of nitrogens with one attached hydrogen (secondary N) is 1. The number of carbonyl (C=O) groups is 2. The first-order chi connectivity index (χ1) is 16.9. The standard InChI is InChI=1S/C24H21N3O7S/c1-33-22-12-16(5-10-21(22)34-14-17-3-2-4-18(11-17)24(29)30)13-25-26-23(28)15-35-20-8-6-19(7-9-20)27(31)32/h2-13H,14-15H2,1H3,(H,26,28)(H,29,30). The molecule has 2 N–H and O–H groups in total. The quantitative estimate of drug-likeness (QED) is 0.175. The minimum atomic E-state index is -1.01. The van der Waals surface area contributed by atoms with Crippen molar-refractivity contribution >= 4 is 35.5 Å². The maximum Gasteiger partial charge on any atom is 0.335 e. The molecule has 10 nitrogen and oxygen atoms in total. The second-order valence-corrected chi connectivity index (χ2v) is 8.09. The molecule has 1 amide bonds. The summed E-state index contributed by atoms with van der Waals surface area (Å²) in [6, 6.07) is 17.5. The number of nitro benzene ring substituents is 1. The zero-order valence-corrected chi connectivity index (χ0v) is 19.4. The number of ether oxygens (including phenoxy) is 2. The summed E-state index contributed by atoms with van der Waals surface area (Å²) in [5, 5.41) is 23.7. The second-order valence-electron chi connectivity index (χ2n) is 7.04. The number of nitro groups is 1. The highest BCUT2D eigenvalue weighted by molar-refractivity contribution is 8.00. The van der Waals surface area contributed by atoms with Crippen LogP contribution in [0.4, 0.5) is 5.69 Å². The average Bonchev–Trinajstić information content (AvgIpc) is 2.87. The molecule has 0 aliphatic heterocycles. The van der Waals surface area contributed by atoms with Crippen LogP contribution < -0.4 is 14.9 Å². The maximum absolute atomic E-state index is 12.0. The van der Waals surface area contributed by atoms with E-state index >= 15 is 0 Å². The number of nitrogens with zero attached hydrogens (tertiary/aromatic N) is 2. The fourth-order valence-corrected chi connectivity index (χ4v) is 3.55. The number of amides is 1. The number of methoxy groups -OCH3 is 1. The van der Waals surface area contributed by atoms with Crippen LogP contribution in [0.25, 0.3) is 0 Å². The molecule has 0 saturated heterocycles. The third-order valence-electron chi connectivity index (χ3n) is 4.58. The van der Waals surface area contributed by atoms with Gasteiger partial charge in [0.25, 0.3) is 5.69 Å². The summed E-state index contributed by atoms with van der Waals surface area (Å²) in [7, 11) is 1.49. The number of hydrogen-bond acceptors (Lipinski definition) is 8. The normalized spacial score (nSPS) is 10.7. The van der Waals surface area contributed by atoms with E-state index < -0.39 is 10.9 Å². The maximum atomic E-state index is 12.0. The highest BCUT2D eigenvalue weighted by Gasteiger charge is 2.09. The van der Waals surface area contributed by atoms with Gasteiger partial charge in [-0.3, -0.25) is 14.9 Å². The Hall–Kier alpha value is -4.38. The van der Waals surface area contributed by atoms with Crippen molar-refractivity contribution in [1.82, 2.24) is 5.43 Å². The monoisotopic (exact) mass is 495 g/mol. The lowest BCUT2D eigenvalue weighted by atomic mass is 10.1. The lowest BCUT2D eigenvalue weighted by Gasteiger charge is -2.11. The van der Waals surface area contributed by atoms with Gasteiger partial charge in [-0.1, -0.05) is 12.1 Å². The molecule has 0 unspecified atom stereocenters.